The van der Waals surface area contributed by atoms with Crippen LogP contribution in [0.1, 0.15) is 41.0 Å². The predicted molar refractivity (Wildman–Crippen MR) is 122 cm³/mol. The van der Waals surface area contributed by atoms with E-state index in [0.29, 0.717) is 23.3 Å². The second-order valence-corrected chi connectivity index (χ2v) is 7.57. The molecule has 0 amide bonds. The van der Waals surface area contributed by atoms with Crippen LogP contribution in [0.3, 0.4) is 0 Å². The first-order valence-corrected chi connectivity index (χ1v) is 10.7. The molecule has 30 heavy (non-hydrogen) atoms. The van der Waals surface area contributed by atoms with Crippen molar-refractivity contribution in [3.8, 4) is 11.5 Å². The lowest BCUT2D eigenvalue weighted by atomic mass is 10.1. The van der Waals surface area contributed by atoms with E-state index in [4.69, 9.17) is 9.47 Å². The first-order chi connectivity index (χ1) is 14.5. The highest BCUT2D eigenvalue weighted by Gasteiger charge is 2.14. The number of ketones is 1. The number of rotatable bonds is 9. The van der Waals surface area contributed by atoms with Crippen LogP contribution in [0, 0.1) is 0 Å². The Balaban J connectivity index is 1.75. The van der Waals surface area contributed by atoms with Crippen LogP contribution in [0.15, 0.2) is 59.2 Å². The van der Waals surface area contributed by atoms with Crippen molar-refractivity contribution < 1.29 is 14.3 Å². The van der Waals surface area contributed by atoms with Gasteiger partial charge in [0.1, 0.15) is 23.8 Å². The van der Waals surface area contributed by atoms with Gasteiger partial charge in [0.15, 0.2) is 0 Å². The summed E-state index contributed by atoms with van der Waals surface area (Å²) in [6.45, 7) is 5.08. The molecule has 0 radical (unpaired) electrons. The highest BCUT2D eigenvalue weighted by molar-refractivity contribution is 9.10. The van der Waals surface area contributed by atoms with Crippen LogP contribution in [0.2, 0.25) is 0 Å². The molecule has 0 bridgehead atoms. The van der Waals surface area contributed by atoms with Crippen molar-refractivity contribution in [1.82, 2.24) is 9.78 Å². The predicted octanol–water partition coefficient (Wildman–Crippen LogP) is 5.71. The monoisotopic (exact) mass is 468 g/mol. The summed E-state index contributed by atoms with van der Waals surface area (Å²) in [4.78, 5) is 12.6. The molecule has 5 nitrogen and oxygen atoms in total. The number of hydrogen-bond acceptors (Lipinski definition) is 4. The third-order valence-electron chi connectivity index (χ3n) is 4.79. The number of halogens is 1. The van der Waals surface area contributed by atoms with Crippen LogP contribution in [-0.4, -0.2) is 22.7 Å². The van der Waals surface area contributed by atoms with E-state index in [1.54, 1.807) is 30.1 Å². The maximum absolute atomic E-state index is 12.6. The molecule has 0 N–H and O–H groups in total. The SMILES string of the molecule is CCc1ccc(OCc2cc(/C=C/C(=O)c3c(Br)cnn3CC)ccc2OC)cc1. The zero-order chi connectivity index (χ0) is 21.5. The number of ether oxygens (including phenoxy) is 2. The number of aromatic nitrogens is 2. The van der Waals surface area contributed by atoms with E-state index in [0.717, 1.165) is 29.0 Å². The van der Waals surface area contributed by atoms with Gasteiger partial charge in [-0.05, 0) is 70.7 Å². The average Bonchev–Trinajstić information content (AvgIpc) is 3.17. The minimum Gasteiger partial charge on any atom is -0.496 e. The standard InChI is InChI=1S/C24H25BrN2O3/c1-4-17-6-10-20(11-7-17)30-16-19-14-18(9-13-23(19)29-3)8-12-22(28)24-21(25)15-26-27(24)5-2/h6-15H,4-5,16H2,1-3H3/b12-8+. The molecule has 0 fully saturated rings. The number of benzene rings is 2. The molecule has 1 heterocycles. The molecule has 3 aromatic rings. The summed E-state index contributed by atoms with van der Waals surface area (Å²) in [5.74, 6) is 1.45. The number of aryl methyl sites for hydroxylation is 2. The molecule has 0 aliphatic rings. The lowest BCUT2D eigenvalue weighted by Gasteiger charge is -2.11. The van der Waals surface area contributed by atoms with E-state index in [2.05, 4.69) is 40.1 Å². The van der Waals surface area contributed by atoms with Crippen molar-refractivity contribution in [2.24, 2.45) is 0 Å². The lowest BCUT2D eigenvalue weighted by Crippen LogP contribution is -2.07. The van der Waals surface area contributed by atoms with Gasteiger partial charge in [-0.1, -0.05) is 31.2 Å². The number of nitrogens with zero attached hydrogens (tertiary/aromatic N) is 2. The van der Waals surface area contributed by atoms with Crippen LogP contribution in [-0.2, 0) is 19.6 Å². The fourth-order valence-corrected chi connectivity index (χ4v) is 3.59. The molecule has 0 atom stereocenters. The number of carbonyl (C=O) groups is 1. The van der Waals surface area contributed by atoms with Gasteiger partial charge < -0.3 is 9.47 Å². The van der Waals surface area contributed by atoms with Crippen LogP contribution in [0.5, 0.6) is 11.5 Å². The molecule has 0 aliphatic heterocycles. The molecular weight excluding hydrogens is 444 g/mol. The first kappa shape index (κ1) is 21.8. The third kappa shape index (κ3) is 5.19. The van der Waals surface area contributed by atoms with Crippen LogP contribution in [0.25, 0.3) is 6.08 Å². The molecule has 156 valence electrons. The summed E-state index contributed by atoms with van der Waals surface area (Å²) in [6, 6.07) is 13.8. The highest BCUT2D eigenvalue weighted by atomic mass is 79.9. The maximum atomic E-state index is 12.6. The molecule has 0 saturated carbocycles. The molecule has 0 aliphatic carbocycles. The Kier molecular flexibility index (Phi) is 7.46. The molecule has 3 rings (SSSR count). The minimum atomic E-state index is -0.106. The van der Waals surface area contributed by atoms with E-state index in [-0.39, 0.29) is 5.78 Å². The third-order valence-corrected chi connectivity index (χ3v) is 5.37. The summed E-state index contributed by atoms with van der Waals surface area (Å²) >= 11 is 3.40. The van der Waals surface area contributed by atoms with Gasteiger partial charge in [0.05, 0.1) is 17.8 Å². The number of methoxy groups -OCH3 is 1. The Bertz CT molecular complexity index is 1040. The van der Waals surface area contributed by atoms with Gasteiger partial charge in [-0.15, -0.1) is 0 Å². The zero-order valence-electron chi connectivity index (χ0n) is 17.4. The van der Waals surface area contributed by atoms with Gasteiger partial charge in [-0.3, -0.25) is 9.48 Å². The summed E-state index contributed by atoms with van der Waals surface area (Å²) in [6.07, 6.45) is 5.99. The van der Waals surface area contributed by atoms with Gasteiger partial charge in [-0.25, -0.2) is 0 Å². The second kappa shape index (κ2) is 10.3. The average molecular weight is 469 g/mol. The number of hydrogen-bond donors (Lipinski definition) is 0. The fourth-order valence-electron chi connectivity index (χ4n) is 3.10. The Hall–Kier alpha value is -2.86. The van der Waals surface area contributed by atoms with Gasteiger partial charge in [0, 0.05) is 12.1 Å². The van der Waals surface area contributed by atoms with Crippen molar-refractivity contribution in [3.05, 3.63) is 81.6 Å². The van der Waals surface area contributed by atoms with Crippen molar-refractivity contribution in [2.75, 3.05) is 7.11 Å². The van der Waals surface area contributed by atoms with Crippen molar-refractivity contribution in [2.45, 2.75) is 33.4 Å². The molecule has 2 aromatic carbocycles. The fraction of sp³-hybridized carbons (Fsp3) is 0.250. The van der Waals surface area contributed by atoms with E-state index in [1.807, 2.05) is 37.3 Å². The molecule has 0 saturated heterocycles. The van der Waals surface area contributed by atoms with Gasteiger partial charge >= 0.3 is 0 Å². The van der Waals surface area contributed by atoms with Crippen LogP contribution < -0.4 is 9.47 Å². The Labute approximate surface area is 185 Å². The lowest BCUT2D eigenvalue weighted by molar-refractivity contribution is 0.103. The summed E-state index contributed by atoms with van der Waals surface area (Å²) in [5.41, 5.74) is 3.61. The molecule has 0 spiro atoms. The van der Waals surface area contributed by atoms with Crippen LogP contribution in [0.4, 0.5) is 0 Å². The Morgan fingerprint density at radius 1 is 1.17 bits per heavy atom. The van der Waals surface area contributed by atoms with Gasteiger partial charge in [-0.2, -0.15) is 5.10 Å². The summed E-state index contributed by atoms with van der Waals surface area (Å²) < 4.78 is 13.8. The maximum Gasteiger partial charge on any atom is 0.205 e. The van der Waals surface area contributed by atoms with E-state index in [9.17, 15) is 4.79 Å². The van der Waals surface area contributed by atoms with E-state index >= 15 is 0 Å². The largest absolute Gasteiger partial charge is 0.496 e. The quantitative estimate of drug-likeness (QED) is 0.298. The number of carbonyl (C=O) groups excluding carboxylic acids is 1. The van der Waals surface area contributed by atoms with E-state index < -0.39 is 0 Å². The van der Waals surface area contributed by atoms with Crippen molar-refractivity contribution in [3.63, 3.8) is 0 Å². The van der Waals surface area contributed by atoms with Gasteiger partial charge in [0.2, 0.25) is 5.78 Å². The first-order valence-electron chi connectivity index (χ1n) is 9.88. The molecule has 0 unspecified atom stereocenters. The number of allylic oxidation sites excluding steroid dienone is 1. The Morgan fingerprint density at radius 3 is 2.60 bits per heavy atom. The molecular formula is C24H25BrN2O3. The zero-order valence-corrected chi connectivity index (χ0v) is 19.0. The minimum absolute atomic E-state index is 0.106. The normalized spacial score (nSPS) is 11.1. The van der Waals surface area contributed by atoms with E-state index in [1.165, 1.54) is 5.56 Å². The Morgan fingerprint density at radius 2 is 1.93 bits per heavy atom. The summed E-state index contributed by atoms with van der Waals surface area (Å²) in [7, 11) is 1.64. The second-order valence-electron chi connectivity index (χ2n) is 6.71. The van der Waals surface area contributed by atoms with Gasteiger partial charge in [0.25, 0.3) is 0 Å². The van der Waals surface area contributed by atoms with Crippen molar-refractivity contribution in [1.29, 1.82) is 0 Å². The smallest absolute Gasteiger partial charge is 0.205 e. The molecule has 6 heteroatoms. The van der Waals surface area contributed by atoms with Crippen molar-refractivity contribution >= 4 is 27.8 Å². The topological polar surface area (TPSA) is 53.3 Å². The van der Waals surface area contributed by atoms with Crippen LogP contribution >= 0.6 is 15.9 Å². The molecule has 1 aromatic heterocycles. The highest BCUT2D eigenvalue weighted by Crippen LogP contribution is 2.24. The summed E-state index contributed by atoms with van der Waals surface area (Å²) in [5, 5.41) is 4.19.